The van der Waals surface area contributed by atoms with Gasteiger partial charge in [-0.3, -0.25) is 4.90 Å². The molecule has 2 unspecified atom stereocenters. The maximum atomic E-state index is 13.3. The molecular weight excluding hydrogens is 307 g/mol. The minimum Gasteiger partial charge on any atom is -0.316 e. The van der Waals surface area contributed by atoms with Crippen molar-refractivity contribution in [3.63, 3.8) is 0 Å². The standard InChI is InChI=1S/C15H22BrFN2/c1-11(13-5-6-15(17)14(16)8-13)19(2)10-12-4-3-7-18-9-12/h5-6,8,11-12,18H,3-4,7,9-10H2,1-2H3. The normalized spacial score (nSPS) is 21.6. The molecule has 2 rings (SSSR count). The third-order valence-corrected chi connectivity index (χ3v) is 4.64. The number of piperidine rings is 1. The molecule has 2 nitrogen and oxygen atoms in total. The SMILES string of the molecule is CC(c1ccc(F)c(Br)c1)N(C)CC1CCCNC1. The lowest BCUT2D eigenvalue weighted by molar-refractivity contribution is 0.199. The molecule has 2 atom stereocenters. The van der Waals surface area contributed by atoms with Gasteiger partial charge in [-0.25, -0.2) is 4.39 Å². The highest BCUT2D eigenvalue weighted by Gasteiger charge is 2.19. The second-order valence-corrected chi connectivity index (χ2v) is 6.36. The topological polar surface area (TPSA) is 15.3 Å². The molecule has 1 N–H and O–H groups in total. The molecule has 1 aliphatic rings. The minimum absolute atomic E-state index is 0.199. The van der Waals surface area contributed by atoms with Gasteiger partial charge in [-0.15, -0.1) is 0 Å². The maximum absolute atomic E-state index is 13.3. The molecule has 0 aromatic heterocycles. The lowest BCUT2D eigenvalue weighted by Gasteiger charge is -2.31. The average Bonchev–Trinajstić information content (AvgIpc) is 2.42. The summed E-state index contributed by atoms with van der Waals surface area (Å²) in [4.78, 5) is 2.36. The van der Waals surface area contributed by atoms with E-state index in [9.17, 15) is 4.39 Å². The van der Waals surface area contributed by atoms with Crippen LogP contribution in [0.25, 0.3) is 0 Å². The molecule has 4 heteroatoms. The van der Waals surface area contributed by atoms with E-state index in [2.05, 4.69) is 40.1 Å². The lowest BCUT2D eigenvalue weighted by atomic mass is 9.98. The molecule has 0 spiro atoms. The van der Waals surface area contributed by atoms with Gasteiger partial charge in [0, 0.05) is 12.6 Å². The fourth-order valence-electron chi connectivity index (χ4n) is 2.67. The summed E-state index contributed by atoms with van der Waals surface area (Å²) in [6, 6.07) is 5.60. The zero-order valence-electron chi connectivity index (χ0n) is 11.6. The van der Waals surface area contributed by atoms with Gasteiger partial charge in [0.1, 0.15) is 5.82 Å². The Balaban J connectivity index is 1.97. The van der Waals surface area contributed by atoms with Crippen LogP contribution in [0.15, 0.2) is 22.7 Å². The molecule has 1 aromatic carbocycles. The second-order valence-electron chi connectivity index (χ2n) is 5.50. The van der Waals surface area contributed by atoms with Gasteiger partial charge >= 0.3 is 0 Å². The highest BCUT2D eigenvalue weighted by Crippen LogP contribution is 2.25. The summed E-state index contributed by atoms with van der Waals surface area (Å²) in [7, 11) is 2.15. The first-order valence-electron chi connectivity index (χ1n) is 6.94. The van der Waals surface area contributed by atoms with E-state index < -0.39 is 0 Å². The van der Waals surface area contributed by atoms with E-state index in [0.29, 0.717) is 10.5 Å². The van der Waals surface area contributed by atoms with E-state index in [1.165, 1.54) is 18.9 Å². The molecule has 1 aromatic rings. The van der Waals surface area contributed by atoms with E-state index in [0.717, 1.165) is 31.1 Å². The van der Waals surface area contributed by atoms with Gasteiger partial charge < -0.3 is 5.32 Å². The molecular formula is C15H22BrFN2. The number of hydrogen-bond donors (Lipinski definition) is 1. The van der Waals surface area contributed by atoms with Gasteiger partial charge in [0.25, 0.3) is 0 Å². The van der Waals surface area contributed by atoms with Crippen LogP contribution in [0.4, 0.5) is 4.39 Å². The Morgan fingerprint density at radius 2 is 2.32 bits per heavy atom. The Bertz CT molecular complexity index is 419. The number of rotatable bonds is 4. The number of hydrogen-bond acceptors (Lipinski definition) is 2. The first kappa shape index (κ1) is 14.9. The highest BCUT2D eigenvalue weighted by atomic mass is 79.9. The zero-order chi connectivity index (χ0) is 13.8. The largest absolute Gasteiger partial charge is 0.316 e. The fraction of sp³-hybridized carbons (Fsp3) is 0.600. The molecule has 0 radical (unpaired) electrons. The Labute approximate surface area is 123 Å². The van der Waals surface area contributed by atoms with Gasteiger partial charge in [-0.05, 0) is 79.4 Å². The number of benzene rings is 1. The van der Waals surface area contributed by atoms with E-state index >= 15 is 0 Å². The van der Waals surface area contributed by atoms with Crippen LogP contribution in [0.5, 0.6) is 0 Å². The van der Waals surface area contributed by atoms with Gasteiger partial charge in [0.2, 0.25) is 0 Å². The van der Waals surface area contributed by atoms with Crippen molar-refractivity contribution in [3.05, 3.63) is 34.1 Å². The van der Waals surface area contributed by atoms with Crippen LogP contribution >= 0.6 is 15.9 Å². The molecule has 0 amide bonds. The van der Waals surface area contributed by atoms with E-state index in [1.807, 2.05) is 12.1 Å². The summed E-state index contributed by atoms with van der Waals surface area (Å²) in [6.45, 7) is 5.53. The summed E-state index contributed by atoms with van der Waals surface area (Å²) in [5.74, 6) is 0.528. The summed E-state index contributed by atoms with van der Waals surface area (Å²) < 4.78 is 13.8. The van der Waals surface area contributed by atoms with Crippen molar-refractivity contribution in [2.45, 2.75) is 25.8 Å². The van der Waals surface area contributed by atoms with Gasteiger partial charge in [-0.2, -0.15) is 0 Å². The lowest BCUT2D eigenvalue weighted by Crippen LogP contribution is -2.37. The molecule has 1 heterocycles. The number of nitrogens with zero attached hydrogens (tertiary/aromatic N) is 1. The second kappa shape index (κ2) is 6.82. The molecule has 0 aliphatic carbocycles. The van der Waals surface area contributed by atoms with Crippen molar-refractivity contribution in [1.82, 2.24) is 10.2 Å². The molecule has 19 heavy (non-hydrogen) atoms. The predicted octanol–water partition coefficient (Wildman–Crippen LogP) is 3.58. The third kappa shape index (κ3) is 4.01. The van der Waals surface area contributed by atoms with Crippen LogP contribution in [0.1, 0.15) is 31.4 Å². The first-order valence-corrected chi connectivity index (χ1v) is 7.73. The van der Waals surface area contributed by atoms with Gasteiger partial charge in [0.15, 0.2) is 0 Å². The van der Waals surface area contributed by atoms with Crippen molar-refractivity contribution in [1.29, 1.82) is 0 Å². The molecule has 106 valence electrons. The van der Waals surface area contributed by atoms with Crippen molar-refractivity contribution >= 4 is 15.9 Å². The Morgan fingerprint density at radius 3 is 2.95 bits per heavy atom. The smallest absolute Gasteiger partial charge is 0.137 e. The predicted molar refractivity (Wildman–Crippen MR) is 80.7 cm³/mol. The molecule has 0 bridgehead atoms. The Morgan fingerprint density at radius 1 is 1.53 bits per heavy atom. The summed E-state index contributed by atoms with van der Waals surface area (Å²) >= 11 is 3.26. The van der Waals surface area contributed by atoms with Crippen LogP contribution in [0, 0.1) is 11.7 Å². The van der Waals surface area contributed by atoms with E-state index in [1.54, 1.807) is 0 Å². The summed E-state index contributed by atoms with van der Waals surface area (Å²) in [6.07, 6.45) is 2.58. The zero-order valence-corrected chi connectivity index (χ0v) is 13.2. The quantitative estimate of drug-likeness (QED) is 0.908. The van der Waals surface area contributed by atoms with Gasteiger partial charge in [0.05, 0.1) is 4.47 Å². The summed E-state index contributed by atoms with van der Waals surface area (Å²) in [5.41, 5.74) is 1.15. The van der Waals surface area contributed by atoms with Crippen LogP contribution in [-0.2, 0) is 0 Å². The average molecular weight is 329 g/mol. The molecule has 0 saturated carbocycles. The van der Waals surface area contributed by atoms with Crippen molar-refractivity contribution in [2.75, 3.05) is 26.7 Å². The molecule has 1 aliphatic heterocycles. The highest BCUT2D eigenvalue weighted by molar-refractivity contribution is 9.10. The fourth-order valence-corrected chi connectivity index (χ4v) is 3.07. The third-order valence-electron chi connectivity index (χ3n) is 4.03. The maximum Gasteiger partial charge on any atom is 0.137 e. The first-order chi connectivity index (χ1) is 9.08. The van der Waals surface area contributed by atoms with Crippen molar-refractivity contribution < 1.29 is 4.39 Å². The van der Waals surface area contributed by atoms with E-state index in [4.69, 9.17) is 0 Å². The van der Waals surface area contributed by atoms with E-state index in [-0.39, 0.29) is 5.82 Å². The van der Waals surface area contributed by atoms with Crippen molar-refractivity contribution in [2.24, 2.45) is 5.92 Å². The van der Waals surface area contributed by atoms with Crippen LogP contribution in [-0.4, -0.2) is 31.6 Å². The van der Waals surface area contributed by atoms with Crippen LogP contribution in [0.3, 0.4) is 0 Å². The molecule has 1 saturated heterocycles. The molecule has 1 fully saturated rings. The Kier molecular flexibility index (Phi) is 5.37. The van der Waals surface area contributed by atoms with Crippen LogP contribution < -0.4 is 5.32 Å². The summed E-state index contributed by atoms with van der Waals surface area (Å²) in [5, 5.41) is 3.45. The van der Waals surface area contributed by atoms with Crippen molar-refractivity contribution in [3.8, 4) is 0 Å². The monoisotopic (exact) mass is 328 g/mol. The number of halogens is 2. The van der Waals surface area contributed by atoms with Crippen LogP contribution in [0.2, 0.25) is 0 Å². The number of nitrogens with one attached hydrogen (secondary N) is 1. The minimum atomic E-state index is -0.199. The Hall–Kier alpha value is -0.450. The van der Waals surface area contributed by atoms with Gasteiger partial charge in [-0.1, -0.05) is 6.07 Å².